The van der Waals surface area contributed by atoms with Gasteiger partial charge < -0.3 is 14.8 Å². The van der Waals surface area contributed by atoms with Gasteiger partial charge in [-0.1, -0.05) is 32.0 Å². The molecule has 0 aromatic heterocycles. The lowest BCUT2D eigenvalue weighted by Crippen LogP contribution is -2.40. The molecule has 1 N–H and O–H groups in total. The number of ether oxygens (including phenoxy) is 2. The van der Waals surface area contributed by atoms with E-state index in [0.717, 1.165) is 5.56 Å². The maximum absolute atomic E-state index is 12.8. The molecule has 7 nitrogen and oxygen atoms in total. The van der Waals surface area contributed by atoms with Gasteiger partial charge in [0.15, 0.2) is 11.5 Å². The summed E-state index contributed by atoms with van der Waals surface area (Å²) in [6.45, 7) is 6.21. The number of benzene rings is 2. The summed E-state index contributed by atoms with van der Waals surface area (Å²) in [5.41, 5.74) is 1.18. The third kappa shape index (κ3) is 3.98. The van der Waals surface area contributed by atoms with E-state index in [1.165, 1.54) is 10.4 Å². The van der Waals surface area contributed by atoms with Crippen LogP contribution in [-0.2, 0) is 14.8 Å². The van der Waals surface area contributed by atoms with Crippen molar-refractivity contribution in [3.8, 4) is 11.5 Å². The first-order valence-electron chi connectivity index (χ1n) is 9.17. The fourth-order valence-electron chi connectivity index (χ4n) is 2.97. The molecule has 8 heteroatoms. The minimum absolute atomic E-state index is 0.0827. The van der Waals surface area contributed by atoms with Crippen LogP contribution < -0.4 is 14.8 Å². The number of nitrogens with zero attached hydrogens (tertiary/aromatic N) is 1. The highest BCUT2D eigenvalue weighted by atomic mass is 32.2. The van der Waals surface area contributed by atoms with Gasteiger partial charge in [0.2, 0.25) is 16.1 Å². The van der Waals surface area contributed by atoms with Crippen LogP contribution in [-0.4, -0.2) is 44.4 Å². The highest BCUT2D eigenvalue weighted by Crippen LogP contribution is 2.31. The summed E-state index contributed by atoms with van der Waals surface area (Å²) in [6.07, 6.45) is -0.822. The van der Waals surface area contributed by atoms with Crippen molar-refractivity contribution in [2.75, 3.05) is 25.0 Å². The molecule has 1 heterocycles. The molecule has 1 atom stereocenters. The standard InChI is InChI=1S/C20H24N2O5S/c1-4-22(5-2)28(24,25)15-11-10-14(3)16(12-15)21-20(23)19-13-26-17-8-6-7-9-18(17)27-19/h6-12,19H,4-5,13H2,1-3H3,(H,21,23)/t19-/m1/s1. The molecule has 2 aromatic rings. The van der Waals surface area contributed by atoms with Crippen LogP contribution in [0.2, 0.25) is 0 Å². The highest BCUT2D eigenvalue weighted by Gasteiger charge is 2.28. The SMILES string of the molecule is CCN(CC)S(=O)(=O)c1ccc(C)c(NC(=O)[C@H]2COc3ccccc3O2)c1. The molecule has 0 saturated heterocycles. The molecule has 0 spiro atoms. The first-order valence-corrected chi connectivity index (χ1v) is 10.6. The number of anilines is 1. The van der Waals surface area contributed by atoms with E-state index < -0.39 is 22.0 Å². The van der Waals surface area contributed by atoms with E-state index in [1.54, 1.807) is 51.1 Å². The Kier molecular flexibility index (Phi) is 5.90. The Morgan fingerprint density at radius 2 is 1.82 bits per heavy atom. The molecule has 0 aliphatic carbocycles. The Labute approximate surface area is 165 Å². The second-order valence-electron chi connectivity index (χ2n) is 6.42. The van der Waals surface area contributed by atoms with E-state index in [4.69, 9.17) is 9.47 Å². The molecule has 0 radical (unpaired) electrons. The lowest BCUT2D eigenvalue weighted by molar-refractivity contribution is -0.125. The zero-order valence-electron chi connectivity index (χ0n) is 16.1. The summed E-state index contributed by atoms with van der Waals surface area (Å²) in [5, 5.41) is 2.77. The van der Waals surface area contributed by atoms with Crippen molar-refractivity contribution in [2.24, 2.45) is 0 Å². The molecule has 150 valence electrons. The molecule has 1 amide bonds. The number of hydrogen-bond acceptors (Lipinski definition) is 5. The Balaban J connectivity index is 1.80. The van der Waals surface area contributed by atoms with Gasteiger partial charge in [-0.25, -0.2) is 8.42 Å². The summed E-state index contributed by atoms with van der Waals surface area (Å²) in [6, 6.07) is 11.8. The monoisotopic (exact) mass is 404 g/mol. The van der Waals surface area contributed by atoms with Crippen molar-refractivity contribution < 1.29 is 22.7 Å². The van der Waals surface area contributed by atoms with Gasteiger partial charge in [-0.2, -0.15) is 4.31 Å². The summed E-state index contributed by atoms with van der Waals surface area (Å²) in [5.74, 6) is 0.702. The number of fused-ring (bicyclic) bond motifs is 1. The molecule has 2 aromatic carbocycles. The number of carbonyl (C=O) groups excluding carboxylic acids is 1. The number of para-hydroxylation sites is 2. The minimum atomic E-state index is -3.62. The Morgan fingerprint density at radius 1 is 1.14 bits per heavy atom. The lowest BCUT2D eigenvalue weighted by Gasteiger charge is -2.26. The zero-order valence-corrected chi connectivity index (χ0v) is 17.0. The number of amides is 1. The Bertz CT molecular complexity index is 970. The van der Waals surface area contributed by atoms with E-state index in [-0.39, 0.29) is 11.5 Å². The number of sulfonamides is 1. The smallest absolute Gasteiger partial charge is 0.269 e. The van der Waals surface area contributed by atoms with E-state index >= 15 is 0 Å². The van der Waals surface area contributed by atoms with Crippen LogP contribution in [0.1, 0.15) is 19.4 Å². The van der Waals surface area contributed by atoms with E-state index in [0.29, 0.717) is 30.3 Å². The maximum Gasteiger partial charge on any atom is 0.269 e. The normalized spacial score (nSPS) is 16.1. The van der Waals surface area contributed by atoms with Gasteiger partial charge in [0.25, 0.3) is 5.91 Å². The molecule has 0 bridgehead atoms. The molecule has 0 saturated carbocycles. The molecule has 28 heavy (non-hydrogen) atoms. The second kappa shape index (κ2) is 8.20. The van der Waals surface area contributed by atoms with Crippen LogP contribution in [0, 0.1) is 6.92 Å². The number of hydrogen-bond donors (Lipinski definition) is 1. The number of nitrogens with one attached hydrogen (secondary N) is 1. The number of aryl methyl sites for hydroxylation is 1. The quantitative estimate of drug-likeness (QED) is 0.800. The number of carbonyl (C=O) groups is 1. The van der Waals surface area contributed by atoms with E-state index in [9.17, 15) is 13.2 Å². The van der Waals surface area contributed by atoms with Gasteiger partial charge in [0, 0.05) is 18.8 Å². The summed E-state index contributed by atoms with van der Waals surface area (Å²) >= 11 is 0. The fraction of sp³-hybridized carbons (Fsp3) is 0.350. The third-order valence-corrected chi connectivity index (χ3v) is 6.66. The average Bonchev–Trinajstić information content (AvgIpc) is 2.69. The van der Waals surface area contributed by atoms with Crippen LogP contribution >= 0.6 is 0 Å². The predicted octanol–water partition coefficient (Wildman–Crippen LogP) is 2.80. The van der Waals surface area contributed by atoms with Gasteiger partial charge in [-0.05, 0) is 36.8 Å². The van der Waals surface area contributed by atoms with Gasteiger partial charge >= 0.3 is 0 Å². The van der Waals surface area contributed by atoms with Crippen molar-refractivity contribution in [3.05, 3.63) is 48.0 Å². The molecule has 1 aliphatic rings. The summed E-state index contributed by atoms with van der Waals surface area (Å²) < 4.78 is 38.2. The molecule has 0 fully saturated rings. The lowest BCUT2D eigenvalue weighted by atomic mass is 10.2. The van der Waals surface area contributed by atoms with Crippen LogP contribution in [0.25, 0.3) is 0 Å². The molecule has 3 rings (SSSR count). The van der Waals surface area contributed by atoms with Gasteiger partial charge in [-0.15, -0.1) is 0 Å². The Morgan fingerprint density at radius 3 is 2.50 bits per heavy atom. The van der Waals surface area contributed by atoms with Gasteiger partial charge in [0.05, 0.1) is 4.90 Å². The zero-order chi connectivity index (χ0) is 20.3. The van der Waals surface area contributed by atoms with Gasteiger partial charge in [0.1, 0.15) is 6.61 Å². The molecule has 0 unspecified atom stereocenters. The van der Waals surface area contributed by atoms with E-state index in [2.05, 4.69) is 5.32 Å². The van der Waals surface area contributed by atoms with Crippen LogP contribution in [0.3, 0.4) is 0 Å². The van der Waals surface area contributed by atoms with E-state index in [1.807, 2.05) is 6.07 Å². The minimum Gasteiger partial charge on any atom is -0.485 e. The molecule has 1 aliphatic heterocycles. The third-order valence-electron chi connectivity index (χ3n) is 4.61. The van der Waals surface area contributed by atoms with Crippen LogP contribution in [0.15, 0.2) is 47.4 Å². The average molecular weight is 404 g/mol. The van der Waals surface area contributed by atoms with Crippen LogP contribution in [0.5, 0.6) is 11.5 Å². The fourth-order valence-corrected chi connectivity index (χ4v) is 4.46. The summed E-state index contributed by atoms with van der Waals surface area (Å²) in [7, 11) is -3.62. The topological polar surface area (TPSA) is 84.9 Å². The largest absolute Gasteiger partial charge is 0.485 e. The predicted molar refractivity (Wildman–Crippen MR) is 106 cm³/mol. The van der Waals surface area contributed by atoms with Gasteiger partial charge in [-0.3, -0.25) is 4.79 Å². The van der Waals surface area contributed by atoms with Crippen molar-refractivity contribution in [3.63, 3.8) is 0 Å². The maximum atomic E-state index is 12.8. The Hall–Kier alpha value is -2.58. The molecular formula is C20H24N2O5S. The summed E-state index contributed by atoms with van der Waals surface area (Å²) in [4.78, 5) is 12.8. The second-order valence-corrected chi connectivity index (χ2v) is 8.36. The first kappa shape index (κ1) is 20.2. The highest BCUT2D eigenvalue weighted by molar-refractivity contribution is 7.89. The van der Waals surface area contributed by atoms with Crippen molar-refractivity contribution in [1.82, 2.24) is 4.31 Å². The molecular weight excluding hydrogens is 380 g/mol. The van der Waals surface area contributed by atoms with Crippen molar-refractivity contribution in [2.45, 2.75) is 31.8 Å². The van der Waals surface area contributed by atoms with Crippen molar-refractivity contribution >= 4 is 21.6 Å². The van der Waals surface area contributed by atoms with Crippen LogP contribution in [0.4, 0.5) is 5.69 Å². The first-order chi connectivity index (χ1) is 13.4. The number of rotatable bonds is 6. The van der Waals surface area contributed by atoms with Crippen molar-refractivity contribution in [1.29, 1.82) is 0 Å².